The second kappa shape index (κ2) is 6.76. The van der Waals surface area contributed by atoms with Crippen LogP contribution in [0.1, 0.15) is 16.7 Å². The highest BCUT2D eigenvalue weighted by atomic mass is 16.5. The Morgan fingerprint density at radius 3 is 2.68 bits per heavy atom. The molecular weight excluding hydrogens is 318 g/mol. The SMILES string of the molecule is Cc1ccc2[nH]c(O)c(N=NC(=O)COc3ccc(C)c(C)c3)c2c1. The fourth-order valence-corrected chi connectivity index (χ4v) is 2.46. The Kier molecular flexibility index (Phi) is 4.52. The van der Waals surface area contributed by atoms with Crippen molar-refractivity contribution in [1.29, 1.82) is 0 Å². The molecule has 2 N–H and O–H groups in total. The molecule has 0 bridgehead atoms. The number of hydrogen-bond donors (Lipinski definition) is 2. The summed E-state index contributed by atoms with van der Waals surface area (Å²) in [6.07, 6.45) is 0. The van der Waals surface area contributed by atoms with Crippen LogP contribution in [0.25, 0.3) is 10.9 Å². The summed E-state index contributed by atoms with van der Waals surface area (Å²) in [5.74, 6) is -0.0379. The van der Waals surface area contributed by atoms with Crippen LogP contribution in [0.4, 0.5) is 5.69 Å². The minimum Gasteiger partial charge on any atom is -0.493 e. The standard InChI is InChI=1S/C19H19N3O3/c1-11-4-7-16-15(8-11)18(19(24)20-16)22-21-17(23)10-25-14-6-5-12(2)13(3)9-14/h4-9,20,24H,10H2,1-3H3. The predicted octanol–water partition coefficient (Wildman–Crippen LogP) is 4.49. The monoisotopic (exact) mass is 337 g/mol. The number of carbonyl (C=O) groups is 1. The highest BCUT2D eigenvalue weighted by Gasteiger charge is 2.11. The lowest BCUT2D eigenvalue weighted by Gasteiger charge is -2.05. The van der Waals surface area contributed by atoms with Crippen LogP contribution in [0.3, 0.4) is 0 Å². The van der Waals surface area contributed by atoms with Crippen LogP contribution in [0, 0.1) is 20.8 Å². The summed E-state index contributed by atoms with van der Waals surface area (Å²) in [4.78, 5) is 14.7. The smallest absolute Gasteiger partial charge is 0.302 e. The van der Waals surface area contributed by atoms with Crippen LogP contribution >= 0.6 is 0 Å². The molecule has 0 spiro atoms. The van der Waals surface area contributed by atoms with Gasteiger partial charge in [-0.05, 0) is 56.2 Å². The van der Waals surface area contributed by atoms with E-state index >= 15 is 0 Å². The summed E-state index contributed by atoms with van der Waals surface area (Å²) in [5.41, 5.74) is 4.25. The second-order valence-electron chi connectivity index (χ2n) is 6.00. The number of fused-ring (bicyclic) bond motifs is 1. The van der Waals surface area contributed by atoms with E-state index in [1.807, 2.05) is 51.1 Å². The molecule has 1 heterocycles. The van der Waals surface area contributed by atoms with Crippen LogP contribution in [-0.4, -0.2) is 22.6 Å². The number of hydrogen-bond acceptors (Lipinski definition) is 4. The molecule has 3 aromatic rings. The lowest BCUT2D eigenvalue weighted by molar-refractivity contribution is -0.120. The lowest BCUT2D eigenvalue weighted by Crippen LogP contribution is -2.08. The topological polar surface area (TPSA) is 87.0 Å². The molecule has 0 radical (unpaired) electrons. The van der Waals surface area contributed by atoms with Crippen molar-refractivity contribution in [2.45, 2.75) is 20.8 Å². The van der Waals surface area contributed by atoms with Crippen molar-refractivity contribution in [2.24, 2.45) is 10.2 Å². The van der Waals surface area contributed by atoms with E-state index in [1.54, 1.807) is 6.07 Å². The number of carbonyl (C=O) groups excluding carboxylic acids is 1. The molecule has 0 fully saturated rings. The van der Waals surface area contributed by atoms with Gasteiger partial charge in [-0.3, -0.25) is 4.79 Å². The average molecular weight is 337 g/mol. The zero-order valence-corrected chi connectivity index (χ0v) is 14.3. The van der Waals surface area contributed by atoms with E-state index in [1.165, 1.54) is 0 Å². The van der Waals surface area contributed by atoms with Crippen molar-refractivity contribution in [2.75, 3.05) is 6.61 Å². The normalized spacial score (nSPS) is 11.3. The summed E-state index contributed by atoms with van der Waals surface area (Å²) >= 11 is 0. The molecule has 0 saturated heterocycles. The largest absolute Gasteiger partial charge is 0.493 e. The maximum Gasteiger partial charge on any atom is 0.302 e. The minimum atomic E-state index is -0.528. The third kappa shape index (κ3) is 3.68. The molecule has 2 aromatic carbocycles. The van der Waals surface area contributed by atoms with E-state index in [0.29, 0.717) is 11.1 Å². The number of ether oxygens (including phenoxy) is 1. The van der Waals surface area contributed by atoms with Crippen molar-refractivity contribution in [3.8, 4) is 11.6 Å². The first-order valence-electron chi connectivity index (χ1n) is 7.90. The fraction of sp³-hybridized carbons (Fsp3) is 0.211. The van der Waals surface area contributed by atoms with Crippen molar-refractivity contribution < 1.29 is 14.6 Å². The van der Waals surface area contributed by atoms with Gasteiger partial charge >= 0.3 is 5.91 Å². The summed E-state index contributed by atoms with van der Waals surface area (Å²) in [7, 11) is 0. The third-order valence-electron chi connectivity index (χ3n) is 4.01. The van der Waals surface area contributed by atoms with Gasteiger partial charge in [0.25, 0.3) is 0 Å². The van der Waals surface area contributed by atoms with Gasteiger partial charge in [-0.1, -0.05) is 17.7 Å². The molecule has 1 amide bonds. The number of nitrogens with zero attached hydrogens (tertiary/aromatic N) is 2. The van der Waals surface area contributed by atoms with Gasteiger partial charge in [0, 0.05) is 5.39 Å². The van der Waals surface area contributed by atoms with Gasteiger partial charge in [0.2, 0.25) is 5.88 Å². The maximum absolute atomic E-state index is 11.9. The van der Waals surface area contributed by atoms with Crippen LogP contribution in [-0.2, 0) is 4.79 Å². The Labute approximate surface area is 145 Å². The molecule has 6 heteroatoms. The fourth-order valence-electron chi connectivity index (χ4n) is 2.46. The molecule has 3 rings (SSSR count). The number of azo groups is 1. The van der Waals surface area contributed by atoms with Crippen molar-refractivity contribution in [3.05, 3.63) is 53.1 Å². The Morgan fingerprint density at radius 1 is 1.12 bits per heavy atom. The first kappa shape index (κ1) is 16.7. The number of benzene rings is 2. The van der Waals surface area contributed by atoms with Crippen LogP contribution < -0.4 is 4.74 Å². The highest BCUT2D eigenvalue weighted by molar-refractivity contribution is 5.94. The molecule has 128 valence electrons. The van der Waals surface area contributed by atoms with Gasteiger partial charge in [-0.15, -0.1) is 10.2 Å². The minimum absolute atomic E-state index is 0.118. The molecule has 0 aliphatic rings. The number of aryl methyl sites for hydroxylation is 3. The van der Waals surface area contributed by atoms with Crippen LogP contribution in [0.2, 0.25) is 0 Å². The quantitative estimate of drug-likeness (QED) is 0.688. The van der Waals surface area contributed by atoms with Gasteiger partial charge in [0.15, 0.2) is 12.3 Å². The molecule has 1 aromatic heterocycles. The van der Waals surface area contributed by atoms with Crippen molar-refractivity contribution >= 4 is 22.5 Å². The van der Waals surface area contributed by atoms with Gasteiger partial charge in [-0.2, -0.15) is 0 Å². The first-order chi connectivity index (χ1) is 11.9. The maximum atomic E-state index is 11.9. The zero-order valence-electron chi connectivity index (χ0n) is 14.3. The Morgan fingerprint density at radius 2 is 1.92 bits per heavy atom. The second-order valence-corrected chi connectivity index (χ2v) is 6.00. The number of aromatic hydroxyl groups is 1. The molecule has 6 nitrogen and oxygen atoms in total. The number of aromatic amines is 1. The molecule has 0 atom stereocenters. The predicted molar refractivity (Wildman–Crippen MR) is 95.6 cm³/mol. The molecule has 0 unspecified atom stereocenters. The van der Waals surface area contributed by atoms with E-state index in [2.05, 4.69) is 15.2 Å². The molecule has 25 heavy (non-hydrogen) atoms. The van der Waals surface area contributed by atoms with E-state index in [-0.39, 0.29) is 18.2 Å². The molecule has 0 aliphatic heterocycles. The van der Waals surface area contributed by atoms with Gasteiger partial charge in [0.05, 0.1) is 5.52 Å². The van der Waals surface area contributed by atoms with E-state index in [4.69, 9.17) is 4.74 Å². The van der Waals surface area contributed by atoms with Gasteiger partial charge < -0.3 is 14.8 Å². The number of rotatable bonds is 4. The van der Waals surface area contributed by atoms with Crippen LogP contribution in [0.5, 0.6) is 11.6 Å². The Bertz CT molecular complexity index is 973. The number of nitrogens with one attached hydrogen (secondary N) is 1. The number of H-pyrrole nitrogens is 1. The van der Waals surface area contributed by atoms with Crippen LogP contribution in [0.15, 0.2) is 46.6 Å². The van der Waals surface area contributed by atoms with E-state index < -0.39 is 5.91 Å². The first-order valence-corrected chi connectivity index (χ1v) is 7.90. The third-order valence-corrected chi connectivity index (χ3v) is 4.01. The van der Waals surface area contributed by atoms with E-state index in [9.17, 15) is 9.90 Å². The average Bonchev–Trinajstić information content (AvgIpc) is 2.88. The number of amides is 1. The molecular formula is C19H19N3O3. The molecule has 0 aliphatic carbocycles. The summed E-state index contributed by atoms with van der Waals surface area (Å²) in [6, 6.07) is 11.2. The summed E-state index contributed by atoms with van der Waals surface area (Å²) in [6.45, 7) is 5.71. The van der Waals surface area contributed by atoms with Gasteiger partial charge in [0.1, 0.15) is 5.75 Å². The zero-order chi connectivity index (χ0) is 18.0. The molecule has 0 saturated carbocycles. The number of aromatic nitrogens is 1. The summed E-state index contributed by atoms with van der Waals surface area (Å²) in [5, 5.41) is 18.2. The summed E-state index contributed by atoms with van der Waals surface area (Å²) < 4.78 is 5.44. The van der Waals surface area contributed by atoms with E-state index in [0.717, 1.165) is 22.2 Å². The van der Waals surface area contributed by atoms with Crippen molar-refractivity contribution in [3.63, 3.8) is 0 Å². The Balaban J connectivity index is 1.71. The Hall–Kier alpha value is -3.15. The highest BCUT2D eigenvalue weighted by Crippen LogP contribution is 2.35. The van der Waals surface area contributed by atoms with Crippen molar-refractivity contribution in [1.82, 2.24) is 4.98 Å². The lowest BCUT2D eigenvalue weighted by atomic mass is 10.1. The van der Waals surface area contributed by atoms with Gasteiger partial charge in [-0.25, -0.2) is 0 Å².